The normalized spacial score (nSPS) is 39.5. The van der Waals surface area contributed by atoms with Crippen LogP contribution < -0.4 is 0 Å². The summed E-state index contributed by atoms with van der Waals surface area (Å²) in [5, 5.41) is 10.4. The molecular formula is C26H39F3OY. The summed E-state index contributed by atoms with van der Waals surface area (Å²) in [7, 11) is 0. The molecule has 1 N–H and O–H groups in total. The van der Waals surface area contributed by atoms with Crippen LogP contribution >= 0.6 is 0 Å². The van der Waals surface area contributed by atoms with Crippen molar-refractivity contribution in [1.82, 2.24) is 0 Å². The Morgan fingerprint density at radius 2 is 1.68 bits per heavy atom. The molecule has 0 bridgehead atoms. The molecule has 173 valence electrons. The van der Waals surface area contributed by atoms with Crippen molar-refractivity contribution >= 4 is 0 Å². The summed E-state index contributed by atoms with van der Waals surface area (Å²) in [4.78, 5) is 0. The third-order valence-electron chi connectivity index (χ3n) is 8.79. The van der Waals surface area contributed by atoms with Gasteiger partial charge in [0.2, 0.25) is 0 Å². The monoisotopic (exact) mass is 513 g/mol. The average molecular weight is 513 g/mol. The Labute approximate surface area is 211 Å². The van der Waals surface area contributed by atoms with Crippen molar-refractivity contribution in [3.63, 3.8) is 0 Å². The first-order valence-electron chi connectivity index (χ1n) is 12.4. The predicted octanol–water partition coefficient (Wildman–Crippen LogP) is 7.60. The van der Waals surface area contributed by atoms with E-state index in [4.69, 9.17) is 0 Å². The Morgan fingerprint density at radius 3 is 2.23 bits per heavy atom. The van der Waals surface area contributed by atoms with E-state index in [9.17, 15) is 18.3 Å². The standard InChI is InChI=1S/C26H39F3O.Y/c1-17-2-3-19(14-17)15-18-4-6-20(7-5-18)21-8-10-22(11-9-21)24-13-12-23(16-25(24)30)26(27,28)29;/h10,14,17-18,20-21,23-25,30H,2-9,11-13,15-16H2,1H3;. The Morgan fingerprint density at radius 1 is 0.935 bits per heavy atom. The van der Waals surface area contributed by atoms with Crippen LogP contribution in [0.3, 0.4) is 0 Å². The summed E-state index contributed by atoms with van der Waals surface area (Å²) in [5.41, 5.74) is 2.95. The van der Waals surface area contributed by atoms with Gasteiger partial charge in [-0.2, -0.15) is 13.2 Å². The fourth-order valence-corrected chi connectivity index (χ4v) is 6.90. The summed E-state index contributed by atoms with van der Waals surface area (Å²) in [6.45, 7) is 2.33. The van der Waals surface area contributed by atoms with Crippen molar-refractivity contribution in [2.45, 2.75) is 103 Å². The zero-order valence-corrected chi connectivity index (χ0v) is 21.9. The van der Waals surface area contributed by atoms with Crippen molar-refractivity contribution in [3.8, 4) is 0 Å². The zero-order valence-electron chi connectivity index (χ0n) is 19.0. The number of halogens is 3. The van der Waals surface area contributed by atoms with E-state index in [0.29, 0.717) is 6.42 Å². The molecule has 1 radical (unpaired) electrons. The van der Waals surface area contributed by atoms with E-state index in [2.05, 4.69) is 19.1 Å². The molecule has 0 spiro atoms. The summed E-state index contributed by atoms with van der Waals surface area (Å²) < 4.78 is 38.9. The molecular weight excluding hydrogens is 474 g/mol. The van der Waals surface area contributed by atoms with Crippen LogP contribution in [0.2, 0.25) is 0 Å². The van der Waals surface area contributed by atoms with Gasteiger partial charge in [0.05, 0.1) is 12.0 Å². The van der Waals surface area contributed by atoms with Gasteiger partial charge in [0.15, 0.2) is 0 Å². The van der Waals surface area contributed by atoms with Crippen LogP contribution in [0.15, 0.2) is 23.3 Å². The van der Waals surface area contributed by atoms with Crippen molar-refractivity contribution in [2.24, 2.45) is 35.5 Å². The molecule has 5 heteroatoms. The predicted molar refractivity (Wildman–Crippen MR) is 115 cm³/mol. The number of rotatable bonds is 4. The van der Waals surface area contributed by atoms with Crippen molar-refractivity contribution < 1.29 is 51.0 Å². The molecule has 5 unspecified atom stereocenters. The summed E-state index contributed by atoms with van der Waals surface area (Å²) in [6.07, 6.45) is 13.0. The molecule has 2 saturated carbocycles. The first-order valence-corrected chi connectivity index (χ1v) is 12.4. The van der Waals surface area contributed by atoms with E-state index < -0.39 is 18.2 Å². The zero-order chi connectivity index (χ0) is 21.3. The van der Waals surface area contributed by atoms with E-state index in [-0.39, 0.29) is 51.5 Å². The van der Waals surface area contributed by atoms with Crippen LogP contribution in [0.4, 0.5) is 13.2 Å². The molecule has 2 fully saturated rings. The van der Waals surface area contributed by atoms with Gasteiger partial charge in [0.1, 0.15) is 0 Å². The number of alkyl halides is 3. The van der Waals surface area contributed by atoms with Gasteiger partial charge in [0.25, 0.3) is 0 Å². The molecule has 4 aliphatic carbocycles. The minimum atomic E-state index is -4.16. The molecule has 5 atom stereocenters. The van der Waals surface area contributed by atoms with E-state index >= 15 is 0 Å². The molecule has 0 aromatic heterocycles. The number of aliphatic hydroxyl groups excluding tert-OH is 1. The van der Waals surface area contributed by atoms with E-state index in [1.54, 1.807) is 5.57 Å². The molecule has 1 nitrogen and oxygen atoms in total. The SMILES string of the molecule is CC1C=C(CC2CCC(C3CC=C(C4CCC(C(F)(F)F)CC4O)CC3)CC2)CC1.[Y]. The molecule has 4 aliphatic rings. The second-order valence-corrected chi connectivity index (χ2v) is 10.9. The van der Waals surface area contributed by atoms with E-state index in [0.717, 1.165) is 42.9 Å². The molecule has 0 aromatic rings. The van der Waals surface area contributed by atoms with Gasteiger partial charge in [-0.3, -0.25) is 0 Å². The van der Waals surface area contributed by atoms with Crippen LogP contribution in [-0.2, 0) is 32.7 Å². The van der Waals surface area contributed by atoms with Crippen LogP contribution in [-0.4, -0.2) is 17.4 Å². The molecule has 0 saturated heterocycles. The maximum atomic E-state index is 13.0. The van der Waals surface area contributed by atoms with Gasteiger partial charge in [-0.1, -0.05) is 30.2 Å². The van der Waals surface area contributed by atoms with Gasteiger partial charge in [-0.05, 0) is 107 Å². The number of hydrogen-bond donors (Lipinski definition) is 1. The summed E-state index contributed by atoms with van der Waals surface area (Å²) in [5.74, 6) is 1.86. The molecule has 0 amide bonds. The first-order chi connectivity index (χ1) is 14.3. The minimum absolute atomic E-state index is 0. The molecule has 0 heterocycles. The average Bonchev–Trinajstić information content (AvgIpc) is 3.13. The van der Waals surface area contributed by atoms with Crippen molar-refractivity contribution in [1.29, 1.82) is 0 Å². The quantitative estimate of drug-likeness (QED) is 0.384. The largest absolute Gasteiger partial charge is 0.392 e. The van der Waals surface area contributed by atoms with Gasteiger partial charge in [-0.25, -0.2) is 0 Å². The Kier molecular flexibility index (Phi) is 9.35. The van der Waals surface area contributed by atoms with Gasteiger partial charge < -0.3 is 5.11 Å². The maximum absolute atomic E-state index is 13.0. The fraction of sp³-hybridized carbons (Fsp3) is 0.846. The Hall–Kier alpha value is 0.334. The van der Waals surface area contributed by atoms with Crippen molar-refractivity contribution in [2.75, 3.05) is 0 Å². The Balaban J connectivity index is 0.00000272. The van der Waals surface area contributed by atoms with Crippen LogP contribution in [0.5, 0.6) is 0 Å². The third-order valence-corrected chi connectivity index (χ3v) is 8.79. The summed E-state index contributed by atoms with van der Waals surface area (Å²) >= 11 is 0. The Bertz CT molecular complexity index is 648. The molecule has 31 heavy (non-hydrogen) atoms. The number of aliphatic hydroxyl groups is 1. The van der Waals surface area contributed by atoms with E-state index in [1.807, 2.05) is 0 Å². The third kappa shape index (κ3) is 6.69. The molecule has 0 aliphatic heterocycles. The van der Waals surface area contributed by atoms with Crippen molar-refractivity contribution in [3.05, 3.63) is 23.3 Å². The maximum Gasteiger partial charge on any atom is 0.391 e. The first kappa shape index (κ1) is 25.9. The number of hydrogen-bond acceptors (Lipinski definition) is 1. The molecule has 4 rings (SSSR count). The number of allylic oxidation sites excluding steroid dienone is 3. The smallest absolute Gasteiger partial charge is 0.391 e. The molecule has 0 aromatic carbocycles. The van der Waals surface area contributed by atoms with Gasteiger partial charge in [-0.15, -0.1) is 0 Å². The topological polar surface area (TPSA) is 20.2 Å². The van der Waals surface area contributed by atoms with Crippen LogP contribution in [0.1, 0.15) is 90.4 Å². The van der Waals surface area contributed by atoms with Crippen LogP contribution in [0.25, 0.3) is 0 Å². The van der Waals surface area contributed by atoms with E-state index in [1.165, 1.54) is 50.5 Å². The fourth-order valence-electron chi connectivity index (χ4n) is 6.90. The van der Waals surface area contributed by atoms with Gasteiger partial charge >= 0.3 is 6.18 Å². The van der Waals surface area contributed by atoms with Crippen LogP contribution in [0, 0.1) is 35.5 Å². The van der Waals surface area contributed by atoms with Gasteiger partial charge in [0, 0.05) is 38.6 Å². The second-order valence-electron chi connectivity index (χ2n) is 10.9. The second kappa shape index (κ2) is 11.2. The summed E-state index contributed by atoms with van der Waals surface area (Å²) in [6, 6.07) is 0. The minimum Gasteiger partial charge on any atom is -0.392 e.